The van der Waals surface area contributed by atoms with Crippen molar-refractivity contribution in [2.24, 2.45) is 5.41 Å². The van der Waals surface area contributed by atoms with Gasteiger partial charge in [0.25, 0.3) is 5.91 Å². The maximum atomic E-state index is 12.8. The fraction of sp³-hybridized carbons (Fsp3) is 0.400. The first-order chi connectivity index (χ1) is 12.2. The number of aromatic nitrogens is 1. The Morgan fingerprint density at radius 1 is 1.08 bits per heavy atom. The number of hydrogen-bond acceptors (Lipinski definition) is 4. The summed E-state index contributed by atoms with van der Waals surface area (Å²) in [5.41, 5.74) is 0.858. The summed E-state index contributed by atoms with van der Waals surface area (Å²) in [4.78, 5) is 19.0. The van der Waals surface area contributed by atoms with E-state index in [9.17, 15) is 4.79 Å². The topological polar surface area (TPSA) is 54.5 Å². The molecule has 1 aromatic heterocycles. The molecule has 2 aliphatic heterocycles. The highest BCUT2D eigenvalue weighted by Gasteiger charge is 2.38. The predicted octanol–water partition coefficient (Wildman–Crippen LogP) is 3.09. The number of piperidine rings is 1. The van der Waals surface area contributed by atoms with Crippen molar-refractivity contribution < 1.29 is 9.53 Å². The summed E-state index contributed by atoms with van der Waals surface area (Å²) in [6.45, 7) is 3.82. The van der Waals surface area contributed by atoms with Gasteiger partial charge in [0.15, 0.2) is 0 Å². The van der Waals surface area contributed by atoms with E-state index < -0.39 is 0 Å². The summed E-state index contributed by atoms with van der Waals surface area (Å²) in [7, 11) is 0. The van der Waals surface area contributed by atoms with Crippen LogP contribution >= 0.6 is 0 Å². The lowest BCUT2D eigenvalue weighted by Gasteiger charge is -2.38. The molecular weight excluding hydrogens is 314 g/mol. The maximum Gasteiger partial charge on any atom is 0.272 e. The van der Waals surface area contributed by atoms with E-state index in [1.807, 2.05) is 35.2 Å². The van der Waals surface area contributed by atoms with E-state index >= 15 is 0 Å². The Morgan fingerprint density at radius 2 is 1.88 bits per heavy atom. The van der Waals surface area contributed by atoms with E-state index in [4.69, 9.17) is 4.74 Å². The van der Waals surface area contributed by atoms with Crippen molar-refractivity contribution in [2.75, 3.05) is 26.2 Å². The normalized spacial score (nSPS) is 19.1. The molecule has 0 radical (unpaired) electrons. The molecule has 2 saturated heterocycles. The minimum absolute atomic E-state index is 0.000632. The number of likely N-dealkylation sites (tertiary alicyclic amines) is 1. The maximum absolute atomic E-state index is 12.8. The summed E-state index contributed by atoms with van der Waals surface area (Å²) < 4.78 is 5.81. The largest absolute Gasteiger partial charge is 0.457 e. The first kappa shape index (κ1) is 16.1. The molecule has 130 valence electrons. The quantitative estimate of drug-likeness (QED) is 0.935. The number of benzene rings is 1. The van der Waals surface area contributed by atoms with Gasteiger partial charge in [-0.15, -0.1) is 0 Å². The van der Waals surface area contributed by atoms with Crippen LogP contribution in [0.5, 0.6) is 11.5 Å². The van der Waals surface area contributed by atoms with Gasteiger partial charge >= 0.3 is 0 Å². The van der Waals surface area contributed by atoms with E-state index in [1.165, 1.54) is 6.42 Å². The third-order valence-electron chi connectivity index (χ3n) is 5.37. The highest BCUT2D eigenvalue weighted by Crippen LogP contribution is 2.37. The molecule has 2 aromatic rings. The van der Waals surface area contributed by atoms with Gasteiger partial charge in [-0.2, -0.15) is 0 Å². The number of rotatable bonds is 3. The highest BCUT2D eigenvalue weighted by atomic mass is 16.5. The number of para-hydroxylation sites is 1. The molecule has 0 aliphatic carbocycles. The summed E-state index contributed by atoms with van der Waals surface area (Å²) >= 11 is 0. The predicted molar refractivity (Wildman–Crippen MR) is 95.8 cm³/mol. The molecule has 2 fully saturated rings. The zero-order chi connectivity index (χ0) is 17.1. The van der Waals surface area contributed by atoms with Crippen molar-refractivity contribution >= 4 is 5.91 Å². The van der Waals surface area contributed by atoms with Gasteiger partial charge < -0.3 is 15.0 Å². The second kappa shape index (κ2) is 6.84. The number of hydrogen-bond donors (Lipinski definition) is 1. The van der Waals surface area contributed by atoms with Crippen molar-refractivity contribution in [3.8, 4) is 11.5 Å². The third kappa shape index (κ3) is 3.51. The summed E-state index contributed by atoms with van der Waals surface area (Å²) in [5, 5.41) is 3.46. The van der Waals surface area contributed by atoms with Gasteiger partial charge in [-0.25, -0.2) is 0 Å². The van der Waals surface area contributed by atoms with E-state index in [2.05, 4.69) is 10.3 Å². The smallest absolute Gasteiger partial charge is 0.272 e. The van der Waals surface area contributed by atoms with E-state index in [0.29, 0.717) is 16.9 Å². The van der Waals surface area contributed by atoms with Crippen molar-refractivity contribution in [2.45, 2.75) is 19.3 Å². The molecule has 0 saturated carbocycles. The van der Waals surface area contributed by atoms with Gasteiger partial charge in [0.2, 0.25) is 0 Å². The Hall–Kier alpha value is -2.40. The first-order valence-electron chi connectivity index (χ1n) is 8.93. The molecular formula is C20H23N3O2. The van der Waals surface area contributed by atoms with Gasteiger partial charge in [0.05, 0.1) is 0 Å². The molecule has 3 heterocycles. The van der Waals surface area contributed by atoms with Crippen LogP contribution in [0.3, 0.4) is 0 Å². The molecule has 1 spiro atoms. The minimum atomic E-state index is -0.000632. The Kier molecular flexibility index (Phi) is 4.40. The van der Waals surface area contributed by atoms with E-state index in [0.717, 1.165) is 44.8 Å². The molecule has 5 nitrogen and oxygen atoms in total. The lowest BCUT2D eigenvalue weighted by molar-refractivity contribution is 0.0601. The van der Waals surface area contributed by atoms with Gasteiger partial charge in [-0.3, -0.25) is 9.78 Å². The van der Waals surface area contributed by atoms with E-state index in [-0.39, 0.29) is 5.91 Å². The molecule has 4 rings (SSSR count). The number of ether oxygens (including phenoxy) is 1. The van der Waals surface area contributed by atoms with Crippen molar-refractivity contribution in [3.63, 3.8) is 0 Å². The third-order valence-corrected chi connectivity index (χ3v) is 5.37. The minimum Gasteiger partial charge on any atom is -0.457 e. The summed E-state index contributed by atoms with van der Waals surface area (Å²) in [5.74, 6) is 1.39. The number of amides is 1. The Balaban J connectivity index is 1.43. The molecule has 0 unspecified atom stereocenters. The average molecular weight is 337 g/mol. The Bertz CT molecular complexity index is 732. The second-order valence-electron chi connectivity index (χ2n) is 7.01. The fourth-order valence-corrected chi connectivity index (χ4v) is 3.78. The molecule has 1 amide bonds. The van der Waals surface area contributed by atoms with Crippen LogP contribution in [0.1, 0.15) is 29.8 Å². The molecule has 0 bridgehead atoms. The lowest BCUT2D eigenvalue weighted by Crippen LogP contribution is -2.44. The number of nitrogens with one attached hydrogen (secondary N) is 1. The van der Waals surface area contributed by atoms with Crippen LogP contribution in [-0.2, 0) is 0 Å². The highest BCUT2D eigenvalue weighted by molar-refractivity contribution is 5.92. The van der Waals surface area contributed by atoms with Crippen LogP contribution < -0.4 is 10.1 Å². The van der Waals surface area contributed by atoms with Gasteiger partial charge in [0, 0.05) is 31.9 Å². The van der Waals surface area contributed by atoms with Crippen molar-refractivity contribution in [1.82, 2.24) is 15.2 Å². The number of carbonyl (C=O) groups is 1. The monoisotopic (exact) mass is 337 g/mol. The van der Waals surface area contributed by atoms with Crippen LogP contribution in [0.2, 0.25) is 0 Å². The van der Waals surface area contributed by atoms with Crippen molar-refractivity contribution in [3.05, 3.63) is 54.4 Å². The molecule has 1 N–H and O–H groups in total. The second-order valence-corrected chi connectivity index (χ2v) is 7.01. The van der Waals surface area contributed by atoms with Crippen LogP contribution in [0.25, 0.3) is 0 Å². The van der Waals surface area contributed by atoms with Crippen LogP contribution in [0, 0.1) is 5.41 Å². The number of pyridine rings is 1. The van der Waals surface area contributed by atoms with Gasteiger partial charge in [0.1, 0.15) is 17.2 Å². The molecule has 1 aromatic carbocycles. The van der Waals surface area contributed by atoms with E-state index in [1.54, 1.807) is 18.3 Å². The van der Waals surface area contributed by atoms with Gasteiger partial charge in [-0.1, -0.05) is 18.2 Å². The van der Waals surface area contributed by atoms with Crippen LogP contribution in [-0.4, -0.2) is 42.0 Å². The average Bonchev–Trinajstić information content (AvgIpc) is 3.11. The Morgan fingerprint density at radius 3 is 2.60 bits per heavy atom. The zero-order valence-electron chi connectivity index (χ0n) is 14.3. The van der Waals surface area contributed by atoms with Crippen LogP contribution in [0.15, 0.2) is 48.7 Å². The number of carbonyl (C=O) groups excluding carboxylic acids is 1. The first-order valence-corrected chi connectivity index (χ1v) is 8.93. The number of nitrogens with zero attached hydrogens (tertiary/aromatic N) is 2. The molecule has 25 heavy (non-hydrogen) atoms. The molecule has 0 atom stereocenters. The fourth-order valence-electron chi connectivity index (χ4n) is 3.78. The SMILES string of the molecule is O=C(c1cc(Oc2ccccc2)ccn1)N1CCC2(CCNC2)CC1. The molecule has 2 aliphatic rings. The lowest BCUT2D eigenvalue weighted by atomic mass is 9.78. The standard InChI is InChI=1S/C20H23N3O2/c24-19(23-12-8-20(9-13-23)7-11-21-15-20)18-14-17(6-10-22-18)25-16-4-2-1-3-5-16/h1-6,10,14,21H,7-9,11-13,15H2. The zero-order valence-corrected chi connectivity index (χ0v) is 14.3. The molecule has 5 heteroatoms. The van der Waals surface area contributed by atoms with Gasteiger partial charge in [-0.05, 0) is 49.4 Å². The summed E-state index contributed by atoms with van der Waals surface area (Å²) in [6, 6.07) is 13.1. The Labute approximate surface area is 148 Å². The van der Waals surface area contributed by atoms with Crippen molar-refractivity contribution in [1.29, 1.82) is 0 Å². The summed E-state index contributed by atoms with van der Waals surface area (Å²) in [6.07, 6.45) is 5.02. The van der Waals surface area contributed by atoms with Crippen LogP contribution in [0.4, 0.5) is 0 Å².